The smallest absolute Gasteiger partial charge is 0.137 e. The van der Waals surface area contributed by atoms with Crippen LogP contribution in [0.2, 0.25) is 0 Å². The predicted octanol–water partition coefficient (Wildman–Crippen LogP) is 9.90. The van der Waals surface area contributed by atoms with E-state index in [0.29, 0.717) is 23.0 Å². The summed E-state index contributed by atoms with van der Waals surface area (Å²) in [5, 5.41) is 1.43. The van der Waals surface area contributed by atoms with E-state index < -0.39 is 0 Å². The first kappa shape index (κ1) is 28.4. The number of hydrogen-bond donors (Lipinski definition) is 0. The van der Waals surface area contributed by atoms with Crippen LogP contribution < -0.4 is 0 Å². The van der Waals surface area contributed by atoms with Gasteiger partial charge in [-0.2, -0.15) is 0 Å². The second kappa shape index (κ2) is 10.7. The summed E-state index contributed by atoms with van der Waals surface area (Å²) in [7, 11) is 0. The number of ketones is 1. The Bertz CT molecular complexity index is 1450. The van der Waals surface area contributed by atoms with Crippen molar-refractivity contribution in [3.05, 3.63) is 71.4 Å². The molecule has 4 aliphatic rings. The number of benzene rings is 2. The van der Waals surface area contributed by atoms with Crippen LogP contribution >= 0.6 is 0 Å². The summed E-state index contributed by atoms with van der Waals surface area (Å²) >= 11 is 0. The molecule has 224 valence electrons. The van der Waals surface area contributed by atoms with Gasteiger partial charge in [0.05, 0.1) is 0 Å². The number of para-hydroxylation sites is 1. The van der Waals surface area contributed by atoms with E-state index in [9.17, 15) is 4.79 Å². The zero-order valence-corrected chi connectivity index (χ0v) is 26.9. The highest BCUT2D eigenvalue weighted by Crippen LogP contribution is 2.67. The average molecular weight is 564 g/mol. The van der Waals surface area contributed by atoms with Crippen molar-refractivity contribution in [2.24, 2.45) is 52.3 Å². The number of hydrogen-bond acceptors (Lipinski definition) is 1. The first-order valence-corrected chi connectivity index (χ1v) is 17.4. The molecule has 1 aromatic heterocycles. The molecule has 3 saturated carbocycles. The molecular weight excluding hydrogens is 510 g/mol. The summed E-state index contributed by atoms with van der Waals surface area (Å²) in [6.45, 7) is 13.4. The van der Waals surface area contributed by atoms with Gasteiger partial charge in [0.25, 0.3) is 0 Å². The second-order valence-electron chi connectivity index (χ2n) is 16.0. The molecule has 0 unspecified atom stereocenters. The van der Waals surface area contributed by atoms with E-state index in [2.05, 4.69) is 93.8 Å². The SMILES string of the molecule is CC(C)CCC[C@@H](C)[C@H]1CC[C@H]2[C@@H]3CC(=O)[C@H]4Cc5c(c6ccccc6n5Cc5ccccc5)C[C@]4(C)[C@H]3CC[C@]12C. The lowest BCUT2D eigenvalue weighted by Gasteiger charge is -2.60. The maximum absolute atomic E-state index is 14.3. The topological polar surface area (TPSA) is 22.0 Å². The third-order valence-corrected chi connectivity index (χ3v) is 13.4. The van der Waals surface area contributed by atoms with E-state index in [0.717, 1.165) is 49.5 Å². The summed E-state index contributed by atoms with van der Waals surface area (Å²) < 4.78 is 2.55. The zero-order chi connectivity index (χ0) is 29.2. The van der Waals surface area contributed by atoms with Crippen LogP contribution in [0.4, 0.5) is 0 Å². The first-order chi connectivity index (χ1) is 20.2. The first-order valence-electron chi connectivity index (χ1n) is 17.4. The minimum absolute atomic E-state index is 0.0804. The lowest BCUT2D eigenvalue weighted by atomic mass is 9.44. The van der Waals surface area contributed by atoms with Crippen LogP contribution in [-0.4, -0.2) is 10.4 Å². The fourth-order valence-corrected chi connectivity index (χ4v) is 11.4. The van der Waals surface area contributed by atoms with Crippen LogP contribution in [0, 0.1) is 52.3 Å². The van der Waals surface area contributed by atoms with E-state index in [4.69, 9.17) is 0 Å². The average Bonchev–Trinajstić information content (AvgIpc) is 3.47. The summed E-state index contributed by atoms with van der Waals surface area (Å²) in [5.74, 6) is 5.21. The number of nitrogens with zero attached hydrogens (tertiary/aromatic N) is 1. The zero-order valence-electron chi connectivity index (χ0n) is 26.9. The summed E-state index contributed by atoms with van der Waals surface area (Å²) in [5.41, 5.74) is 6.17. The largest absolute Gasteiger partial charge is 0.340 e. The standard InChI is InChI=1S/C40H53NO/c1-26(2)12-11-13-27(3)32-18-19-33-30-22-38(42)35-23-37-31(24-40(35,5)34(30)20-21-39(32,33)4)29-16-9-10-17-36(29)41(37)25-28-14-7-6-8-15-28/h6-10,14-17,26-27,30,32-35H,11-13,18-25H2,1-5H3/t27-,30+,32-,33+,34+,35-,39-,40-/m1/s1. The van der Waals surface area contributed by atoms with E-state index >= 15 is 0 Å². The molecular formula is C40H53NO. The van der Waals surface area contributed by atoms with Crippen molar-refractivity contribution < 1.29 is 4.79 Å². The molecule has 42 heavy (non-hydrogen) atoms. The molecule has 3 aromatic rings. The molecule has 1 heterocycles. The van der Waals surface area contributed by atoms with E-state index in [-0.39, 0.29) is 11.3 Å². The molecule has 7 rings (SSSR count). The van der Waals surface area contributed by atoms with Gasteiger partial charge in [0.15, 0.2) is 0 Å². The Balaban J connectivity index is 1.19. The van der Waals surface area contributed by atoms with Gasteiger partial charge in [-0.15, -0.1) is 0 Å². The monoisotopic (exact) mass is 563 g/mol. The molecule has 3 fully saturated rings. The van der Waals surface area contributed by atoms with Gasteiger partial charge in [0.1, 0.15) is 5.78 Å². The molecule has 0 spiro atoms. The number of rotatable bonds is 7. The van der Waals surface area contributed by atoms with Gasteiger partial charge < -0.3 is 4.57 Å². The highest BCUT2D eigenvalue weighted by molar-refractivity contribution is 5.89. The van der Waals surface area contributed by atoms with Gasteiger partial charge in [-0.25, -0.2) is 0 Å². The lowest BCUT2D eigenvalue weighted by molar-refractivity contribution is -0.150. The van der Waals surface area contributed by atoms with Crippen LogP contribution in [0.1, 0.15) is 103 Å². The van der Waals surface area contributed by atoms with Gasteiger partial charge in [-0.3, -0.25) is 4.79 Å². The van der Waals surface area contributed by atoms with Crippen molar-refractivity contribution in [1.29, 1.82) is 0 Å². The van der Waals surface area contributed by atoms with E-state index in [1.807, 2.05) is 0 Å². The van der Waals surface area contributed by atoms with Gasteiger partial charge in [-0.05, 0) is 102 Å². The normalized spacial score (nSPS) is 34.6. The van der Waals surface area contributed by atoms with E-state index in [1.54, 1.807) is 5.56 Å². The molecule has 2 nitrogen and oxygen atoms in total. The van der Waals surface area contributed by atoms with Crippen LogP contribution in [0.5, 0.6) is 0 Å². The number of carbonyl (C=O) groups excluding carboxylic acids is 1. The molecule has 8 atom stereocenters. The Hall–Kier alpha value is -2.35. The quantitative estimate of drug-likeness (QED) is 0.280. The molecule has 0 amide bonds. The van der Waals surface area contributed by atoms with Gasteiger partial charge in [0, 0.05) is 35.5 Å². The summed E-state index contributed by atoms with van der Waals surface area (Å²) in [4.78, 5) is 14.3. The second-order valence-corrected chi connectivity index (χ2v) is 16.0. The number of aromatic nitrogens is 1. The summed E-state index contributed by atoms with van der Waals surface area (Å²) in [6, 6.07) is 19.9. The van der Waals surface area contributed by atoms with Crippen molar-refractivity contribution >= 4 is 16.7 Å². The summed E-state index contributed by atoms with van der Waals surface area (Å²) in [6.07, 6.45) is 12.4. The van der Waals surface area contributed by atoms with E-state index in [1.165, 1.54) is 67.1 Å². The highest BCUT2D eigenvalue weighted by atomic mass is 16.1. The van der Waals surface area contributed by atoms with Crippen molar-refractivity contribution in [3.8, 4) is 0 Å². The molecule has 0 radical (unpaired) electrons. The Kier molecular flexibility index (Phi) is 7.22. The molecule has 0 aliphatic heterocycles. The number of Topliss-reactive ketones (excluding diaryl/α,β-unsaturated/α-hetero) is 1. The third-order valence-electron chi connectivity index (χ3n) is 13.4. The van der Waals surface area contributed by atoms with Gasteiger partial charge in [-0.1, -0.05) is 102 Å². The van der Waals surface area contributed by atoms with Crippen LogP contribution in [0.15, 0.2) is 54.6 Å². The Morgan fingerprint density at radius 2 is 1.60 bits per heavy atom. The minimum Gasteiger partial charge on any atom is -0.340 e. The molecule has 0 saturated heterocycles. The van der Waals surface area contributed by atoms with Crippen molar-refractivity contribution in [2.45, 2.75) is 105 Å². The Morgan fingerprint density at radius 3 is 2.38 bits per heavy atom. The van der Waals surface area contributed by atoms with Crippen molar-refractivity contribution in [2.75, 3.05) is 0 Å². The highest BCUT2D eigenvalue weighted by Gasteiger charge is 2.62. The molecule has 0 N–H and O–H groups in total. The maximum atomic E-state index is 14.3. The van der Waals surface area contributed by atoms with Crippen LogP contribution in [0.3, 0.4) is 0 Å². The molecule has 0 bridgehead atoms. The number of carbonyl (C=O) groups is 1. The van der Waals surface area contributed by atoms with Crippen LogP contribution in [-0.2, 0) is 24.2 Å². The van der Waals surface area contributed by atoms with Crippen molar-refractivity contribution in [3.63, 3.8) is 0 Å². The Morgan fingerprint density at radius 1 is 0.857 bits per heavy atom. The van der Waals surface area contributed by atoms with Crippen LogP contribution in [0.25, 0.3) is 10.9 Å². The lowest BCUT2D eigenvalue weighted by Crippen LogP contribution is -2.57. The van der Waals surface area contributed by atoms with Gasteiger partial charge >= 0.3 is 0 Å². The minimum atomic E-state index is 0.0804. The Labute approximate surface area is 254 Å². The predicted molar refractivity (Wildman–Crippen MR) is 174 cm³/mol. The van der Waals surface area contributed by atoms with Gasteiger partial charge in [0.2, 0.25) is 0 Å². The third kappa shape index (κ3) is 4.45. The molecule has 4 aliphatic carbocycles. The fraction of sp³-hybridized carbons (Fsp3) is 0.625. The molecule has 2 heteroatoms. The van der Waals surface area contributed by atoms with Crippen molar-refractivity contribution in [1.82, 2.24) is 4.57 Å². The fourth-order valence-electron chi connectivity index (χ4n) is 11.4. The molecule has 2 aromatic carbocycles. The maximum Gasteiger partial charge on any atom is 0.137 e. The number of fused-ring (bicyclic) bond motifs is 8.